The SMILES string of the molecule is CC(=O)NC[C@@H](C)CCC1=C(C)[C@H]2[C@@]3(C)CC[C@@H]4[C@H](CC=C5C[C@@H](OC(C)=O)CC[C@@]54C)[C@H]3C[C@]2(C)O1. The molecule has 0 radical (unpaired) electrons. The van der Waals surface area contributed by atoms with Crippen molar-refractivity contribution in [1.82, 2.24) is 5.32 Å². The Kier molecular flexibility index (Phi) is 6.85. The summed E-state index contributed by atoms with van der Waals surface area (Å²) in [4.78, 5) is 22.9. The van der Waals surface area contributed by atoms with Crippen LogP contribution in [0.5, 0.6) is 0 Å². The van der Waals surface area contributed by atoms with Gasteiger partial charge in [-0.3, -0.25) is 9.59 Å². The van der Waals surface area contributed by atoms with Crippen molar-refractivity contribution in [3.63, 3.8) is 0 Å². The monoisotopic (exact) mass is 511 g/mol. The molecule has 1 heterocycles. The number of rotatable bonds is 6. The second kappa shape index (κ2) is 9.45. The highest BCUT2D eigenvalue weighted by atomic mass is 16.5. The highest BCUT2D eigenvalue weighted by Gasteiger charge is 2.67. The van der Waals surface area contributed by atoms with Crippen LogP contribution in [0, 0.1) is 40.4 Å². The molecule has 5 aliphatic rings. The number of amides is 1. The van der Waals surface area contributed by atoms with Crippen LogP contribution in [-0.2, 0) is 19.1 Å². The van der Waals surface area contributed by atoms with Gasteiger partial charge in [0.25, 0.3) is 0 Å². The Morgan fingerprint density at radius 2 is 1.92 bits per heavy atom. The van der Waals surface area contributed by atoms with Crippen molar-refractivity contribution >= 4 is 11.9 Å². The van der Waals surface area contributed by atoms with Gasteiger partial charge < -0.3 is 14.8 Å². The fourth-order valence-electron chi connectivity index (χ4n) is 9.93. The van der Waals surface area contributed by atoms with E-state index in [9.17, 15) is 9.59 Å². The number of allylic oxidation sites excluding steroid dienone is 2. The zero-order valence-electron chi connectivity index (χ0n) is 24.2. The molecular weight excluding hydrogens is 462 g/mol. The van der Waals surface area contributed by atoms with Crippen molar-refractivity contribution in [2.75, 3.05) is 6.54 Å². The third-order valence-electron chi connectivity index (χ3n) is 11.5. The van der Waals surface area contributed by atoms with Crippen LogP contribution in [0.15, 0.2) is 23.0 Å². The average Bonchev–Trinajstić information content (AvgIpc) is 3.22. The number of hydrogen-bond acceptors (Lipinski definition) is 4. The smallest absolute Gasteiger partial charge is 0.302 e. The van der Waals surface area contributed by atoms with Crippen molar-refractivity contribution in [3.05, 3.63) is 23.0 Å². The molecule has 4 aliphatic carbocycles. The van der Waals surface area contributed by atoms with Gasteiger partial charge in [0.15, 0.2) is 0 Å². The number of ether oxygens (including phenoxy) is 2. The topological polar surface area (TPSA) is 64.6 Å². The van der Waals surface area contributed by atoms with Crippen LogP contribution in [0.2, 0.25) is 0 Å². The lowest BCUT2D eigenvalue weighted by molar-refractivity contribution is -0.148. The van der Waals surface area contributed by atoms with Crippen molar-refractivity contribution in [1.29, 1.82) is 0 Å². The summed E-state index contributed by atoms with van der Waals surface area (Å²) in [6.07, 6.45) is 12.6. The van der Waals surface area contributed by atoms with E-state index in [4.69, 9.17) is 9.47 Å². The normalized spacial score (nSPS) is 43.0. The Morgan fingerprint density at radius 1 is 1.16 bits per heavy atom. The quantitative estimate of drug-likeness (QED) is 0.317. The fourth-order valence-corrected chi connectivity index (χ4v) is 9.93. The largest absolute Gasteiger partial charge is 0.491 e. The van der Waals surface area contributed by atoms with Crippen molar-refractivity contribution in [2.45, 2.75) is 118 Å². The van der Waals surface area contributed by atoms with E-state index < -0.39 is 0 Å². The molecule has 0 aromatic carbocycles. The summed E-state index contributed by atoms with van der Waals surface area (Å²) in [5.41, 5.74) is 3.51. The van der Waals surface area contributed by atoms with Crippen LogP contribution in [0.4, 0.5) is 0 Å². The predicted octanol–water partition coefficient (Wildman–Crippen LogP) is 6.72. The molecule has 3 saturated carbocycles. The molecule has 1 amide bonds. The molecule has 1 aliphatic heterocycles. The highest BCUT2D eigenvalue weighted by Crippen LogP contribution is 2.71. The molecule has 0 aromatic rings. The first kappa shape index (κ1) is 26.8. The van der Waals surface area contributed by atoms with E-state index in [2.05, 4.69) is 46.0 Å². The minimum Gasteiger partial charge on any atom is -0.491 e. The molecule has 0 spiro atoms. The maximum absolute atomic E-state index is 11.6. The lowest BCUT2D eigenvalue weighted by Crippen LogP contribution is -2.50. The van der Waals surface area contributed by atoms with Gasteiger partial charge in [0.05, 0.1) is 5.76 Å². The third-order valence-corrected chi connectivity index (χ3v) is 11.5. The number of esters is 1. The summed E-state index contributed by atoms with van der Waals surface area (Å²) >= 11 is 0. The summed E-state index contributed by atoms with van der Waals surface area (Å²) in [6, 6.07) is 0. The molecular formula is C32H49NO4. The van der Waals surface area contributed by atoms with Crippen molar-refractivity contribution < 1.29 is 19.1 Å². The second-order valence-electron chi connectivity index (χ2n) is 14.0. The van der Waals surface area contributed by atoms with Gasteiger partial charge in [-0.25, -0.2) is 0 Å². The molecule has 3 fully saturated rings. The van der Waals surface area contributed by atoms with Crippen LogP contribution in [-0.4, -0.2) is 30.1 Å². The molecule has 206 valence electrons. The van der Waals surface area contributed by atoms with Gasteiger partial charge in [0.2, 0.25) is 5.91 Å². The lowest BCUT2D eigenvalue weighted by Gasteiger charge is -2.58. The first-order valence-electron chi connectivity index (χ1n) is 14.9. The molecule has 5 nitrogen and oxygen atoms in total. The molecule has 0 bridgehead atoms. The number of hydrogen-bond donors (Lipinski definition) is 1. The maximum atomic E-state index is 11.6. The van der Waals surface area contributed by atoms with Crippen LogP contribution in [0.3, 0.4) is 0 Å². The molecule has 0 unspecified atom stereocenters. The first-order chi connectivity index (χ1) is 17.4. The summed E-state index contributed by atoms with van der Waals surface area (Å²) in [6.45, 7) is 15.9. The standard InChI is InChI=1S/C32H49NO4/c1-19(18-33-21(3)34)8-11-28-20(2)29-31(6)15-13-26-25(27(31)17-32(29,7)37-28)10-9-23-16-24(36-22(4)35)12-14-30(23,26)5/h9,19,24-27,29H,8,10-18H2,1-7H3,(H,33,34)/t19-,24-,25-,26+,27+,29-,30-,31-,32-/m0/s1. The molecule has 1 N–H and O–H groups in total. The molecule has 5 heteroatoms. The number of carbonyl (C=O) groups excluding carboxylic acids is 2. The molecule has 0 saturated heterocycles. The van der Waals surface area contributed by atoms with Gasteiger partial charge in [-0.15, -0.1) is 0 Å². The second-order valence-corrected chi connectivity index (χ2v) is 14.0. The molecule has 9 atom stereocenters. The number of carbonyl (C=O) groups is 2. The van der Waals surface area contributed by atoms with Gasteiger partial charge in [0, 0.05) is 39.2 Å². The maximum Gasteiger partial charge on any atom is 0.302 e. The highest BCUT2D eigenvalue weighted by molar-refractivity contribution is 5.72. The predicted molar refractivity (Wildman–Crippen MR) is 145 cm³/mol. The van der Waals surface area contributed by atoms with Gasteiger partial charge in [-0.05, 0) is 98.9 Å². The zero-order chi connectivity index (χ0) is 26.8. The summed E-state index contributed by atoms with van der Waals surface area (Å²) in [5.74, 6) is 4.22. The van der Waals surface area contributed by atoms with E-state index in [-0.39, 0.29) is 29.0 Å². The minimum atomic E-state index is -0.146. The molecule has 0 aromatic heterocycles. The van der Waals surface area contributed by atoms with Crippen LogP contribution >= 0.6 is 0 Å². The Bertz CT molecular complexity index is 1010. The van der Waals surface area contributed by atoms with Crippen LogP contribution in [0.25, 0.3) is 0 Å². The lowest BCUT2D eigenvalue weighted by atomic mass is 9.47. The zero-order valence-corrected chi connectivity index (χ0v) is 24.2. The van der Waals surface area contributed by atoms with Gasteiger partial charge in [-0.1, -0.05) is 32.4 Å². The van der Waals surface area contributed by atoms with E-state index >= 15 is 0 Å². The average molecular weight is 512 g/mol. The number of fused-ring (bicyclic) bond motifs is 7. The molecule has 5 rings (SSSR count). The summed E-state index contributed by atoms with van der Waals surface area (Å²) < 4.78 is 12.5. The van der Waals surface area contributed by atoms with E-state index in [1.807, 2.05) is 0 Å². The Morgan fingerprint density at radius 3 is 2.62 bits per heavy atom. The van der Waals surface area contributed by atoms with Crippen molar-refractivity contribution in [3.8, 4) is 0 Å². The first-order valence-corrected chi connectivity index (χ1v) is 14.9. The van der Waals surface area contributed by atoms with E-state index in [0.29, 0.717) is 23.2 Å². The Hall–Kier alpha value is -1.78. The van der Waals surface area contributed by atoms with Crippen LogP contribution < -0.4 is 5.32 Å². The minimum absolute atomic E-state index is 0.0481. The fraction of sp³-hybridized carbons (Fsp3) is 0.812. The third kappa shape index (κ3) is 4.46. The van der Waals surface area contributed by atoms with Crippen LogP contribution in [0.1, 0.15) is 106 Å². The number of nitrogens with one attached hydrogen (secondary N) is 1. The Balaban J connectivity index is 1.32. The summed E-state index contributed by atoms with van der Waals surface area (Å²) in [5, 5.41) is 2.96. The van der Waals surface area contributed by atoms with Gasteiger partial charge in [-0.2, -0.15) is 0 Å². The summed E-state index contributed by atoms with van der Waals surface area (Å²) in [7, 11) is 0. The van der Waals surface area contributed by atoms with E-state index in [1.165, 1.54) is 37.5 Å². The van der Waals surface area contributed by atoms with Gasteiger partial charge in [0.1, 0.15) is 11.7 Å². The van der Waals surface area contributed by atoms with Crippen molar-refractivity contribution in [2.24, 2.45) is 40.4 Å². The van der Waals surface area contributed by atoms with Gasteiger partial charge >= 0.3 is 5.97 Å². The van der Waals surface area contributed by atoms with E-state index in [0.717, 1.165) is 56.9 Å². The Labute approximate surface area is 224 Å². The molecule has 37 heavy (non-hydrogen) atoms. The van der Waals surface area contributed by atoms with E-state index in [1.54, 1.807) is 12.5 Å².